The topological polar surface area (TPSA) is 110 Å². The third kappa shape index (κ3) is 3.00. The number of rotatable bonds is 4. The second-order valence-electron chi connectivity index (χ2n) is 4.93. The van der Waals surface area contributed by atoms with Crippen LogP contribution in [0, 0.1) is 10.7 Å². The molecule has 2 aromatic carbocycles. The van der Waals surface area contributed by atoms with Crippen LogP contribution in [0.25, 0.3) is 10.9 Å². The van der Waals surface area contributed by atoms with Crippen molar-refractivity contribution < 1.29 is 4.39 Å². The number of halogens is 1. The molecule has 7 nitrogen and oxygen atoms in total. The molecule has 3 rings (SSSR count). The highest BCUT2D eigenvalue weighted by Crippen LogP contribution is 2.26. The predicted octanol–water partition coefficient (Wildman–Crippen LogP) is 2.62. The molecule has 0 fully saturated rings. The van der Waals surface area contributed by atoms with E-state index < -0.39 is 0 Å². The molecule has 0 saturated heterocycles. The highest BCUT2D eigenvalue weighted by atomic mass is 19.1. The summed E-state index contributed by atoms with van der Waals surface area (Å²) in [6, 6.07) is 10.9. The molecule has 0 aliphatic carbocycles. The van der Waals surface area contributed by atoms with Crippen LogP contribution in [0.4, 0.5) is 21.8 Å². The van der Waals surface area contributed by atoms with Crippen LogP contribution in [0.3, 0.4) is 0 Å². The molecule has 1 heterocycles. The summed E-state index contributed by atoms with van der Waals surface area (Å²) in [5, 5.41) is 4.83. The van der Waals surface area contributed by atoms with Crippen molar-refractivity contribution in [3.63, 3.8) is 0 Å². The Kier molecular flexibility index (Phi) is 3.71. The molecule has 4 N–H and O–H groups in total. The minimum Gasteiger partial charge on any atom is -0.383 e. The minimum atomic E-state index is -0.340. The van der Waals surface area contributed by atoms with Crippen molar-refractivity contribution in [3.05, 3.63) is 58.8 Å². The van der Waals surface area contributed by atoms with E-state index >= 15 is 0 Å². The van der Waals surface area contributed by atoms with E-state index in [9.17, 15) is 9.30 Å². The molecular formula is C15H13FN6O. The van der Waals surface area contributed by atoms with Gasteiger partial charge in [-0.1, -0.05) is 12.1 Å². The van der Waals surface area contributed by atoms with Gasteiger partial charge in [-0.05, 0) is 35.9 Å². The van der Waals surface area contributed by atoms with Gasteiger partial charge in [0.2, 0.25) is 5.95 Å². The third-order valence-electron chi connectivity index (χ3n) is 3.37. The van der Waals surface area contributed by atoms with Crippen molar-refractivity contribution in [1.82, 2.24) is 9.97 Å². The molecule has 0 aliphatic rings. The molecule has 0 atom stereocenters. The number of nitrogen functional groups attached to an aromatic ring is 2. The highest BCUT2D eigenvalue weighted by Gasteiger charge is 2.11. The van der Waals surface area contributed by atoms with Crippen molar-refractivity contribution in [2.45, 2.75) is 6.54 Å². The Labute approximate surface area is 130 Å². The summed E-state index contributed by atoms with van der Waals surface area (Å²) < 4.78 is 12.9. The molecule has 1 aromatic heterocycles. The monoisotopic (exact) mass is 312 g/mol. The molecule has 23 heavy (non-hydrogen) atoms. The first-order chi connectivity index (χ1) is 11.1. The van der Waals surface area contributed by atoms with Gasteiger partial charge in [0.25, 0.3) is 0 Å². The van der Waals surface area contributed by atoms with Gasteiger partial charge in [-0.3, -0.25) is 0 Å². The molecule has 0 unspecified atom stereocenters. The first-order valence-corrected chi connectivity index (χ1v) is 6.75. The number of nitrogens with two attached hydrogens (primary N) is 2. The molecule has 3 aromatic rings. The second-order valence-corrected chi connectivity index (χ2v) is 4.93. The van der Waals surface area contributed by atoms with E-state index in [0.29, 0.717) is 16.6 Å². The van der Waals surface area contributed by atoms with Gasteiger partial charge >= 0.3 is 0 Å². The number of fused-ring (bicyclic) bond motifs is 1. The standard InChI is InChI=1S/C15H13FN6O/c16-10-3-1-9(2-4-10)8-22(21-23)11-5-6-13-12(7-11)14(17)20-15(18)19-13/h1-7H,8H2,(H4,17,18,19,20). The summed E-state index contributed by atoms with van der Waals surface area (Å²) in [5.74, 6) is -0.0333. The summed E-state index contributed by atoms with van der Waals surface area (Å²) in [4.78, 5) is 19.1. The lowest BCUT2D eigenvalue weighted by Gasteiger charge is -2.16. The number of hydrogen-bond donors (Lipinski definition) is 2. The van der Waals surface area contributed by atoms with E-state index in [1.54, 1.807) is 30.3 Å². The van der Waals surface area contributed by atoms with Crippen LogP contribution in [0.2, 0.25) is 0 Å². The van der Waals surface area contributed by atoms with Gasteiger partial charge in [-0.15, -0.1) is 4.91 Å². The van der Waals surface area contributed by atoms with Gasteiger partial charge < -0.3 is 11.5 Å². The molecular weight excluding hydrogens is 299 g/mol. The van der Waals surface area contributed by atoms with Crippen LogP contribution >= 0.6 is 0 Å². The first kappa shape index (κ1) is 14.6. The highest BCUT2D eigenvalue weighted by molar-refractivity contribution is 5.91. The Morgan fingerprint density at radius 3 is 2.52 bits per heavy atom. The SMILES string of the molecule is Nc1nc(N)c2cc(N(Cc3ccc(F)cc3)N=O)ccc2n1. The number of anilines is 3. The summed E-state index contributed by atoms with van der Waals surface area (Å²) in [6.07, 6.45) is 0. The molecule has 0 aliphatic heterocycles. The first-order valence-electron chi connectivity index (χ1n) is 6.75. The Balaban J connectivity index is 1.96. The lowest BCUT2D eigenvalue weighted by Crippen LogP contribution is -2.14. The van der Waals surface area contributed by atoms with Gasteiger partial charge in [-0.2, -0.15) is 4.98 Å². The van der Waals surface area contributed by atoms with E-state index in [2.05, 4.69) is 15.3 Å². The van der Waals surface area contributed by atoms with Gasteiger partial charge in [0, 0.05) is 5.39 Å². The Morgan fingerprint density at radius 2 is 1.83 bits per heavy atom. The van der Waals surface area contributed by atoms with Gasteiger partial charge in [0.1, 0.15) is 11.6 Å². The molecule has 0 amide bonds. The summed E-state index contributed by atoms with van der Waals surface area (Å²) in [7, 11) is 0. The van der Waals surface area contributed by atoms with Crippen LogP contribution in [0.15, 0.2) is 47.8 Å². The van der Waals surface area contributed by atoms with Crippen LogP contribution < -0.4 is 16.5 Å². The smallest absolute Gasteiger partial charge is 0.222 e. The second kappa shape index (κ2) is 5.84. The maximum Gasteiger partial charge on any atom is 0.222 e. The number of benzene rings is 2. The molecule has 0 bridgehead atoms. The number of hydrogen-bond acceptors (Lipinski definition) is 6. The molecule has 116 valence electrons. The summed E-state index contributed by atoms with van der Waals surface area (Å²) in [6.45, 7) is 0.199. The average molecular weight is 312 g/mol. The maximum atomic E-state index is 12.9. The van der Waals surface area contributed by atoms with Gasteiger partial charge in [-0.25, -0.2) is 14.4 Å². The predicted molar refractivity (Wildman–Crippen MR) is 86.7 cm³/mol. The quantitative estimate of drug-likeness (QED) is 0.566. The Bertz CT molecular complexity index is 868. The van der Waals surface area contributed by atoms with E-state index in [1.165, 1.54) is 17.1 Å². The van der Waals surface area contributed by atoms with Crippen molar-refractivity contribution >= 4 is 28.4 Å². The zero-order valence-electron chi connectivity index (χ0n) is 12.0. The van der Waals surface area contributed by atoms with Crippen molar-refractivity contribution in [2.24, 2.45) is 5.29 Å². The van der Waals surface area contributed by atoms with Crippen molar-refractivity contribution in [1.29, 1.82) is 0 Å². The lowest BCUT2D eigenvalue weighted by atomic mass is 10.2. The fourth-order valence-electron chi connectivity index (χ4n) is 2.25. The third-order valence-corrected chi connectivity index (χ3v) is 3.37. The van der Waals surface area contributed by atoms with E-state index in [4.69, 9.17) is 11.5 Å². The minimum absolute atomic E-state index is 0.0828. The number of aromatic nitrogens is 2. The van der Waals surface area contributed by atoms with Crippen LogP contribution in [0.1, 0.15) is 5.56 Å². The Morgan fingerprint density at radius 1 is 1.09 bits per heavy atom. The van der Waals surface area contributed by atoms with E-state index in [0.717, 1.165) is 5.56 Å². The largest absolute Gasteiger partial charge is 0.383 e. The van der Waals surface area contributed by atoms with Crippen LogP contribution in [-0.4, -0.2) is 9.97 Å². The number of nitrogens with zero attached hydrogens (tertiary/aromatic N) is 4. The van der Waals surface area contributed by atoms with E-state index in [-0.39, 0.29) is 24.1 Å². The molecule has 0 spiro atoms. The zero-order valence-corrected chi connectivity index (χ0v) is 12.0. The maximum absolute atomic E-state index is 12.9. The number of nitroso groups, excluding NO2 is 1. The summed E-state index contributed by atoms with van der Waals surface area (Å²) >= 11 is 0. The normalized spacial score (nSPS) is 10.7. The lowest BCUT2D eigenvalue weighted by molar-refractivity contribution is 0.626. The van der Waals surface area contributed by atoms with Crippen LogP contribution in [0.5, 0.6) is 0 Å². The average Bonchev–Trinajstić information content (AvgIpc) is 2.54. The fourth-order valence-corrected chi connectivity index (χ4v) is 2.25. The summed E-state index contributed by atoms with van der Waals surface area (Å²) in [5.41, 5.74) is 13.2. The van der Waals surface area contributed by atoms with Gasteiger partial charge in [0.05, 0.1) is 23.0 Å². The molecule has 0 radical (unpaired) electrons. The fraction of sp³-hybridized carbons (Fsp3) is 0.0667. The molecule has 8 heteroatoms. The molecule has 0 saturated carbocycles. The van der Waals surface area contributed by atoms with Crippen molar-refractivity contribution in [2.75, 3.05) is 16.5 Å². The van der Waals surface area contributed by atoms with Crippen LogP contribution in [-0.2, 0) is 6.54 Å². The van der Waals surface area contributed by atoms with E-state index in [1.807, 2.05) is 0 Å². The van der Waals surface area contributed by atoms with Gasteiger partial charge in [0.15, 0.2) is 0 Å². The zero-order chi connectivity index (χ0) is 16.4. The Hall–Kier alpha value is -3.29. The van der Waals surface area contributed by atoms with Crippen molar-refractivity contribution in [3.8, 4) is 0 Å².